The first kappa shape index (κ1) is 16.1. The summed E-state index contributed by atoms with van der Waals surface area (Å²) in [7, 11) is -3.10. The lowest BCUT2D eigenvalue weighted by Crippen LogP contribution is -2.10. The van der Waals surface area contributed by atoms with Gasteiger partial charge in [0.15, 0.2) is 9.84 Å². The van der Waals surface area contributed by atoms with Crippen molar-refractivity contribution in [2.75, 3.05) is 5.75 Å². The van der Waals surface area contributed by atoms with Crippen molar-refractivity contribution in [3.63, 3.8) is 0 Å². The van der Waals surface area contributed by atoms with Crippen LogP contribution in [0.3, 0.4) is 0 Å². The van der Waals surface area contributed by atoms with Crippen molar-refractivity contribution < 1.29 is 13.5 Å². The van der Waals surface area contributed by atoms with E-state index in [1.807, 2.05) is 12.3 Å². The number of sulfone groups is 1. The van der Waals surface area contributed by atoms with Crippen LogP contribution in [-0.4, -0.2) is 24.3 Å². The molecule has 6 heteroatoms. The quantitative estimate of drug-likeness (QED) is 0.849. The molecule has 0 saturated carbocycles. The van der Waals surface area contributed by atoms with Gasteiger partial charge in [-0.15, -0.1) is 11.3 Å². The number of aryl methyl sites for hydroxylation is 2. The zero-order chi connectivity index (χ0) is 15.3. The van der Waals surface area contributed by atoms with Crippen molar-refractivity contribution in [3.8, 4) is 0 Å². The van der Waals surface area contributed by atoms with Gasteiger partial charge in [-0.3, -0.25) is 0 Å². The maximum absolute atomic E-state index is 12.1. The minimum Gasteiger partial charge on any atom is -0.392 e. The SMILES string of the molecule is Cc1nc(CCCS(=O)(=O)Cc2ccc(CO)cc2)cs1. The van der Waals surface area contributed by atoms with E-state index < -0.39 is 9.84 Å². The summed E-state index contributed by atoms with van der Waals surface area (Å²) < 4.78 is 24.2. The van der Waals surface area contributed by atoms with E-state index in [1.54, 1.807) is 35.6 Å². The lowest BCUT2D eigenvalue weighted by atomic mass is 10.2. The van der Waals surface area contributed by atoms with Crippen molar-refractivity contribution in [2.45, 2.75) is 32.1 Å². The number of hydrogen-bond donors (Lipinski definition) is 1. The van der Waals surface area contributed by atoms with Gasteiger partial charge in [-0.25, -0.2) is 13.4 Å². The second-order valence-electron chi connectivity index (χ2n) is 5.03. The van der Waals surface area contributed by atoms with E-state index in [9.17, 15) is 8.42 Å². The van der Waals surface area contributed by atoms with Crippen LogP contribution in [0.4, 0.5) is 0 Å². The highest BCUT2D eigenvalue weighted by atomic mass is 32.2. The van der Waals surface area contributed by atoms with Crippen LogP contribution in [0.5, 0.6) is 0 Å². The first-order valence-corrected chi connectivity index (χ1v) is 9.49. The Hall–Kier alpha value is -1.24. The standard InChI is InChI=1S/C15H19NO3S2/c1-12-16-15(10-20-12)3-2-8-21(18,19)11-14-6-4-13(9-17)5-7-14/h4-7,10,17H,2-3,8-9,11H2,1H3. The molecule has 0 aliphatic rings. The molecule has 0 fully saturated rings. The van der Waals surface area contributed by atoms with Gasteiger partial charge in [0.2, 0.25) is 0 Å². The maximum Gasteiger partial charge on any atom is 0.154 e. The summed E-state index contributed by atoms with van der Waals surface area (Å²) in [5, 5.41) is 12.0. The molecule has 4 nitrogen and oxygen atoms in total. The summed E-state index contributed by atoms with van der Waals surface area (Å²) in [6, 6.07) is 7.02. The van der Waals surface area contributed by atoms with Gasteiger partial charge in [-0.2, -0.15) is 0 Å². The van der Waals surface area contributed by atoms with Crippen LogP contribution in [0.1, 0.15) is 28.2 Å². The zero-order valence-electron chi connectivity index (χ0n) is 11.9. The molecule has 0 aliphatic carbocycles. The number of aromatic nitrogens is 1. The van der Waals surface area contributed by atoms with E-state index in [0.29, 0.717) is 12.8 Å². The van der Waals surface area contributed by atoms with Crippen LogP contribution >= 0.6 is 11.3 Å². The molecule has 1 N–H and O–H groups in total. The van der Waals surface area contributed by atoms with Gasteiger partial charge in [0.1, 0.15) is 0 Å². The molecule has 0 amide bonds. The minimum atomic E-state index is -3.10. The highest BCUT2D eigenvalue weighted by Gasteiger charge is 2.12. The number of aliphatic hydroxyl groups excluding tert-OH is 1. The number of thiazole rings is 1. The molecule has 0 unspecified atom stereocenters. The summed E-state index contributed by atoms with van der Waals surface area (Å²) in [5.41, 5.74) is 2.52. The molecule has 0 radical (unpaired) electrons. The topological polar surface area (TPSA) is 67.3 Å². The van der Waals surface area contributed by atoms with Gasteiger partial charge < -0.3 is 5.11 Å². The minimum absolute atomic E-state index is 0.0277. The fourth-order valence-corrected chi connectivity index (χ4v) is 4.14. The second-order valence-corrected chi connectivity index (χ2v) is 8.27. The highest BCUT2D eigenvalue weighted by Crippen LogP contribution is 2.13. The van der Waals surface area contributed by atoms with Crippen LogP contribution in [-0.2, 0) is 28.6 Å². The molecular weight excluding hydrogens is 306 g/mol. The second kappa shape index (κ2) is 7.15. The Balaban J connectivity index is 1.86. The Morgan fingerprint density at radius 1 is 1.19 bits per heavy atom. The summed E-state index contributed by atoms with van der Waals surface area (Å²) in [6.07, 6.45) is 1.30. The molecule has 1 aromatic carbocycles. The molecule has 114 valence electrons. The van der Waals surface area contributed by atoms with Crippen molar-refractivity contribution in [1.82, 2.24) is 4.98 Å². The third-order valence-electron chi connectivity index (χ3n) is 3.15. The summed E-state index contributed by atoms with van der Waals surface area (Å²) >= 11 is 1.59. The van der Waals surface area contributed by atoms with E-state index in [2.05, 4.69) is 4.98 Å². The van der Waals surface area contributed by atoms with Gasteiger partial charge >= 0.3 is 0 Å². The summed E-state index contributed by atoms with van der Waals surface area (Å²) in [5.74, 6) is 0.222. The Kier molecular flexibility index (Phi) is 5.50. The van der Waals surface area contributed by atoms with Gasteiger partial charge in [0.25, 0.3) is 0 Å². The molecule has 21 heavy (non-hydrogen) atoms. The predicted molar refractivity (Wildman–Crippen MR) is 85.0 cm³/mol. The molecule has 0 saturated heterocycles. The Morgan fingerprint density at radius 3 is 2.43 bits per heavy atom. The number of hydrogen-bond acceptors (Lipinski definition) is 5. The number of rotatable bonds is 7. The average Bonchev–Trinajstić information content (AvgIpc) is 2.84. The first-order chi connectivity index (χ1) is 9.98. The van der Waals surface area contributed by atoms with Crippen molar-refractivity contribution in [2.24, 2.45) is 0 Å². The fourth-order valence-electron chi connectivity index (χ4n) is 2.06. The summed E-state index contributed by atoms with van der Waals surface area (Å²) in [6.45, 7) is 1.92. The predicted octanol–water partition coefficient (Wildman–Crippen LogP) is 2.49. The Bertz CT molecular complexity index is 675. The molecule has 0 atom stereocenters. The number of aliphatic hydroxyl groups is 1. The van der Waals surface area contributed by atoms with E-state index in [0.717, 1.165) is 21.8 Å². The Labute approximate surface area is 129 Å². The van der Waals surface area contributed by atoms with Gasteiger partial charge in [-0.05, 0) is 30.9 Å². The molecule has 0 spiro atoms. The third kappa shape index (κ3) is 5.22. The van der Waals surface area contributed by atoms with Crippen molar-refractivity contribution >= 4 is 21.2 Å². The van der Waals surface area contributed by atoms with Crippen LogP contribution in [0.25, 0.3) is 0 Å². The van der Waals surface area contributed by atoms with Gasteiger partial charge in [0.05, 0.1) is 28.8 Å². The maximum atomic E-state index is 12.1. The molecule has 1 heterocycles. The zero-order valence-corrected chi connectivity index (χ0v) is 13.6. The highest BCUT2D eigenvalue weighted by molar-refractivity contribution is 7.90. The van der Waals surface area contributed by atoms with E-state index in [4.69, 9.17) is 5.11 Å². The molecule has 2 rings (SSSR count). The number of nitrogens with zero attached hydrogens (tertiary/aromatic N) is 1. The third-order valence-corrected chi connectivity index (χ3v) is 5.65. The summed E-state index contributed by atoms with van der Waals surface area (Å²) in [4.78, 5) is 4.33. The molecule has 0 bridgehead atoms. The number of benzene rings is 1. The van der Waals surface area contributed by atoms with E-state index in [-0.39, 0.29) is 18.1 Å². The smallest absolute Gasteiger partial charge is 0.154 e. The van der Waals surface area contributed by atoms with Gasteiger partial charge in [0, 0.05) is 5.38 Å². The lowest BCUT2D eigenvalue weighted by molar-refractivity contribution is 0.282. The van der Waals surface area contributed by atoms with Crippen molar-refractivity contribution in [1.29, 1.82) is 0 Å². The van der Waals surface area contributed by atoms with E-state index >= 15 is 0 Å². The van der Waals surface area contributed by atoms with Crippen molar-refractivity contribution in [3.05, 3.63) is 51.5 Å². The largest absolute Gasteiger partial charge is 0.392 e. The molecule has 2 aromatic rings. The van der Waals surface area contributed by atoms with E-state index in [1.165, 1.54) is 0 Å². The van der Waals surface area contributed by atoms with Crippen LogP contribution in [0, 0.1) is 6.92 Å². The van der Waals surface area contributed by atoms with Gasteiger partial charge in [-0.1, -0.05) is 24.3 Å². The average molecular weight is 325 g/mol. The fraction of sp³-hybridized carbons (Fsp3) is 0.400. The molecular formula is C15H19NO3S2. The van der Waals surface area contributed by atoms with Crippen LogP contribution in [0.15, 0.2) is 29.6 Å². The Morgan fingerprint density at radius 2 is 1.86 bits per heavy atom. The van der Waals surface area contributed by atoms with Crippen LogP contribution in [0.2, 0.25) is 0 Å². The molecule has 0 aliphatic heterocycles. The lowest BCUT2D eigenvalue weighted by Gasteiger charge is -2.05. The molecule has 1 aromatic heterocycles. The normalized spacial score (nSPS) is 11.7. The first-order valence-electron chi connectivity index (χ1n) is 6.78. The van der Waals surface area contributed by atoms with Crippen LogP contribution < -0.4 is 0 Å². The monoisotopic (exact) mass is 325 g/mol.